The fourth-order valence-electron chi connectivity index (χ4n) is 2.71. The number of hydrogen-bond acceptors (Lipinski definition) is 2. The van der Waals surface area contributed by atoms with Crippen LogP contribution in [-0.2, 0) is 17.6 Å². The zero-order valence-corrected chi connectivity index (χ0v) is 12.5. The summed E-state index contributed by atoms with van der Waals surface area (Å²) < 4.78 is 19.1. The lowest BCUT2D eigenvalue weighted by Gasteiger charge is -2.10. The van der Waals surface area contributed by atoms with E-state index in [2.05, 4.69) is 11.4 Å². The summed E-state index contributed by atoms with van der Waals surface area (Å²) >= 11 is 0. The molecule has 4 heteroatoms. The summed E-state index contributed by atoms with van der Waals surface area (Å²) in [5.41, 5.74) is 3.72. The second-order valence-electron chi connectivity index (χ2n) is 5.60. The predicted molar refractivity (Wildman–Crippen MR) is 83.7 cm³/mol. The number of rotatable bonds is 4. The zero-order valence-electron chi connectivity index (χ0n) is 12.5. The van der Waals surface area contributed by atoms with Crippen LogP contribution < -0.4 is 10.1 Å². The molecule has 0 spiro atoms. The molecule has 1 aliphatic carbocycles. The molecular weight excluding hydrogens is 281 g/mol. The Hall–Kier alpha value is -2.36. The maximum absolute atomic E-state index is 13.6. The Morgan fingerprint density at radius 1 is 1.18 bits per heavy atom. The van der Waals surface area contributed by atoms with Gasteiger partial charge in [-0.3, -0.25) is 4.79 Å². The lowest BCUT2D eigenvalue weighted by molar-refractivity contribution is -0.118. The number of benzene rings is 2. The molecule has 0 saturated heterocycles. The number of fused-ring (bicyclic) bond motifs is 1. The summed E-state index contributed by atoms with van der Waals surface area (Å²) in [6.07, 6.45) is 3.35. The van der Waals surface area contributed by atoms with Crippen molar-refractivity contribution in [2.45, 2.75) is 26.2 Å². The molecule has 0 aliphatic heterocycles. The normalized spacial score (nSPS) is 12.8. The molecule has 0 unspecified atom stereocenters. The smallest absolute Gasteiger partial charge is 0.262 e. The average Bonchev–Trinajstić information content (AvgIpc) is 2.96. The molecule has 0 fully saturated rings. The van der Waals surface area contributed by atoms with E-state index in [9.17, 15) is 9.18 Å². The van der Waals surface area contributed by atoms with E-state index in [1.54, 1.807) is 12.1 Å². The molecular formula is C18H18FNO2. The van der Waals surface area contributed by atoms with Gasteiger partial charge in [0, 0.05) is 0 Å². The fraction of sp³-hybridized carbons (Fsp3) is 0.278. The number of aryl methyl sites for hydroxylation is 3. The summed E-state index contributed by atoms with van der Waals surface area (Å²) in [5, 5.41) is 2.53. The molecule has 0 radical (unpaired) electrons. The molecule has 114 valence electrons. The van der Waals surface area contributed by atoms with E-state index < -0.39 is 5.82 Å². The van der Waals surface area contributed by atoms with Crippen LogP contribution in [0.1, 0.15) is 23.1 Å². The van der Waals surface area contributed by atoms with Gasteiger partial charge in [0.05, 0.1) is 5.69 Å². The summed E-state index contributed by atoms with van der Waals surface area (Å²) in [6.45, 7) is 1.71. The Labute approximate surface area is 129 Å². The number of hydrogen-bond donors (Lipinski definition) is 1. The molecule has 2 aromatic carbocycles. The Morgan fingerprint density at radius 2 is 2.00 bits per heavy atom. The number of carbonyl (C=O) groups excluding carboxylic acids is 1. The van der Waals surface area contributed by atoms with Crippen molar-refractivity contribution in [2.24, 2.45) is 0 Å². The number of carbonyl (C=O) groups is 1. The standard InChI is InChI=1S/C18H18FNO2/c1-12-5-8-16(19)17(9-12)20-18(21)11-22-15-7-6-13-3-2-4-14(13)10-15/h5-10H,2-4,11H2,1H3,(H,20,21). The minimum Gasteiger partial charge on any atom is -0.484 e. The van der Waals surface area contributed by atoms with Gasteiger partial charge in [0.1, 0.15) is 11.6 Å². The number of anilines is 1. The van der Waals surface area contributed by atoms with Crippen molar-refractivity contribution in [3.8, 4) is 5.75 Å². The van der Waals surface area contributed by atoms with Gasteiger partial charge in [0.15, 0.2) is 6.61 Å². The van der Waals surface area contributed by atoms with E-state index in [4.69, 9.17) is 4.74 Å². The lowest BCUT2D eigenvalue weighted by atomic mass is 10.1. The van der Waals surface area contributed by atoms with Crippen LogP contribution in [-0.4, -0.2) is 12.5 Å². The van der Waals surface area contributed by atoms with E-state index in [0.29, 0.717) is 5.75 Å². The zero-order chi connectivity index (χ0) is 15.5. The van der Waals surface area contributed by atoms with Gasteiger partial charge in [-0.1, -0.05) is 12.1 Å². The molecule has 1 aliphatic rings. The average molecular weight is 299 g/mol. The predicted octanol–water partition coefficient (Wildman–Crippen LogP) is 3.64. The van der Waals surface area contributed by atoms with Gasteiger partial charge in [0.25, 0.3) is 5.91 Å². The summed E-state index contributed by atoms with van der Waals surface area (Å²) in [6, 6.07) is 10.5. The monoisotopic (exact) mass is 299 g/mol. The quantitative estimate of drug-likeness (QED) is 0.936. The SMILES string of the molecule is Cc1ccc(F)c(NC(=O)COc2ccc3c(c2)CCC3)c1. The molecule has 3 rings (SSSR count). The molecule has 3 nitrogen and oxygen atoms in total. The van der Waals surface area contributed by atoms with Crippen LogP contribution in [0.25, 0.3) is 0 Å². The Kier molecular flexibility index (Phi) is 4.09. The van der Waals surface area contributed by atoms with Crippen LogP contribution in [0.5, 0.6) is 5.75 Å². The van der Waals surface area contributed by atoms with Gasteiger partial charge in [0.2, 0.25) is 0 Å². The van der Waals surface area contributed by atoms with Gasteiger partial charge >= 0.3 is 0 Å². The number of nitrogens with one attached hydrogen (secondary N) is 1. The van der Waals surface area contributed by atoms with Gasteiger partial charge in [-0.05, 0) is 67.1 Å². The molecule has 2 aromatic rings. The second-order valence-corrected chi connectivity index (χ2v) is 5.60. The first-order chi connectivity index (χ1) is 10.6. The maximum Gasteiger partial charge on any atom is 0.262 e. The van der Waals surface area contributed by atoms with Crippen LogP contribution >= 0.6 is 0 Å². The number of ether oxygens (including phenoxy) is 1. The van der Waals surface area contributed by atoms with Crippen molar-refractivity contribution < 1.29 is 13.9 Å². The maximum atomic E-state index is 13.6. The van der Waals surface area contributed by atoms with E-state index >= 15 is 0 Å². The minimum atomic E-state index is -0.448. The molecule has 0 aromatic heterocycles. The van der Waals surface area contributed by atoms with Crippen LogP contribution in [0, 0.1) is 12.7 Å². The number of halogens is 1. The summed E-state index contributed by atoms with van der Waals surface area (Å²) in [5.74, 6) is -0.137. The van der Waals surface area contributed by atoms with E-state index in [0.717, 1.165) is 18.4 Å². The molecule has 0 bridgehead atoms. The first kappa shape index (κ1) is 14.6. The first-order valence-corrected chi connectivity index (χ1v) is 7.42. The van der Waals surface area contributed by atoms with Crippen molar-refractivity contribution in [2.75, 3.05) is 11.9 Å². The minimum absolute atomic E-state index is 0.133. The third-order valence-corrected chi connectivity index (χ3v) is 3.84. The van der Waals surface area contributed by atoms with Gasteiger partial charge < -0.3 is 10.1 Å². The van der Waals surface area contributed by atoms with Crippen molar-refractivity contribution in [1.29, 1.82) is 0 Å². The second kappa shape index (κ2) is 6.18. The Bertz CT molecular complexity index is 712. The summed E-state index contributed by atoms with van der Waals surface area (Å²) in [4.78, 5) is 11.9. The van der Waals surface area contributed by atoms with Crippen LogP contribution in [0.2, 0.25) is 0 Å². The molecule has 1 N–H and O–H groups in total. The highest BCUT2D eigenvalue weighted by molar-refractivity contribution is 5.92. The molecule has 0 saturated carbocycles. The third-order valence-electron chi connectivity index (χ3n) is 3.84. The van der Waals surface area contributed by atoms with Gasteiger partial charge in [-0.2, -0.15) is 0 Å². The van der Waals surface area contributed by atoms with Gasteiger partial charge in [-0.15, -0.1) is 0 Å². The van der Waals surface area contributed by atoms with E-state index in [1.165, 1.54) is 23.6 Å². The fourth-order valence-corrected chi connectivity index (χ4v) is 2.71. The Morgan fingerprint density at radius 3 is 2.86 bits per heavy atom. The number of amides is 1. The lowest BCUT2D eigenvalue weighted by Crippen LogP contribution is -2.20. The molecule has 1 amide bonds. The van der Waals surface area contributed by atoms with Crippen molar-refractivity contribution in [3.63, 3.8) is 0 Å². The highest BCUT2D eigenvalue weighted by atomic mass is 19.1. The van der Waals surface area contributed by atoms with Crippen molar-refractivity contribution >= 4 is 11.6 Å². The molecule has 22 heavy (non-hydrogen) atoms. The third kappa shape index (κ3) is 3.27. The van der Waals surface area contributed by atoms with Crippen LogP contribution in [0.3, 0.4) is 0 Å². The van der Waals surface area contributed by atoms with Gasteiger partial charge in [-0.25, -0.2) is 4.39 Å². The highest BCUT2D eigenvalue weighted by Crippen LogP contribution is 2.26. The van der Waals surface area contributed by atoms with E-state index in [-0.39, 0.29) is 18.2 Å². The Balaban J connectivity index is 1.59. The van der Waals surface area contributed by atoms with E-state index in [1.807, 2.05) is 19.1 Å². The molecule has 0 heterocycles. The summed E-state index contributed by atoms with van der Waals surface area (Å²) in [7, 11) is 0. The van der Waals surface area contributed by atoms with Crippen molar-refractivity contribution in [1.82, 2.24) is 0 Å². The van der Waals surface area contributed by atoms with Crippen LogP contribution in [0.15, 0.2) is 36.4 Å². The highest BCUT2D eigenvalue weighted by Gasteiger charge is 2.12. The topological polar surface area (TPSA) is 38.3 Å². The van der Waals surface area contributed by atoms with Crippen molar-refractivity contribution in [3.05, 3.63) is 58.9 Å². The van der Waals surface area contributed by atoms with Crippen LogP contribution in [0.4, 0.5) is 10.1 Å². The first-order valence-electron chi connectivity index (χ1n) is 7.42. The largest absolute Gasteiger partial charge is 0.484 e. The molecule has 0 atom stereocenters.